The van der Waals surface area contributed by atoms with Gasteiger partial charge in [-0.2, -0.15) is 0 Å². The molecule has 0 aliphatic carbocycles. The van der Waals surface area contributed by atoms with Crippen molar-refractivity contribution in [2.24, 2.45) is 0 Å². The predicted molar refractivity (Wildman–Crippen MR) is 107 cm³/mol. The molecule has 0 aliphatic rings. The molecule has 1 atom stereocenters. The quantitative estimate of drug-likeness (QED) is 0.458. The van der Waals surface area contributed by atoms with E-state index in [1.807, 2.05) is 0 Å². The van der Waals surface area contributed by atoms with Crippen molar-refractivity contribution in [3.63, 3.8) is 0 Å². The van der Waals surface area contributed by atoms with E-state index in [2.05, 4.69) is 0 Å². The molecule has 0 fully saturated rings. The van der Waals surface area contributed by atoms with Crippen LogP contribution in [0.4, 0.5) is 10.1 Å². The number of ether oxygens (including phenoxy) is 1. The second-order valence-electron chi connectivity index (χ2n) is 6.18. The summed E-state index contributed by atoms with van der Waals surface area (Å²) in [5, 5.41) is 0.764. The SMILES string of the molecule is [2H]CN(c1ccc2c(-c3ccc(F)cc3Cl)cc(=O)oc2c1)C(C)C(=O)OCC. The molecule has 5 nitrogen and oxygen atoms in total. The van der Waals surface area contributed by atoms with Gasteiger partial charge in [-0.05, 0) is 44.2 Å². The number of hydrogen-bond donors (Lipinski definition) is 0. The summed E-state index contributed by atoms with van der Waals surface area (Å²) >= 11 is 6.17. The van der Waals surface area contributed by atoms with E-state index in [0.717, 1.165) is 0 Å². The third kappa shape index (κ3) is 3.87. The minimum atomic E-state index is -0.689. The molecule has 3 aromatic rings. The van der Waals surface area contributed by atoms with Gasteiger partial charge in [0.25, 0.3) is 0 Å². The molecular weight excluding hydrogens is 385 g/mol. The van der Waals surface area contributed by atoms with Crippen molar-refractivity contribution in [1.82, 2.24) is 0 Å². The zero-order valence-electron chi connectivity index (χ0n) is 16.4. The molecular formula is C21H19ClFNO4. The summed E-state index contributed by atoms with van der Waals surface area (Å²) < 4.78 is 31.6. The lowest BCUT2D eigenvalue weighted by Crippen LogP contribution is -2.37. The first-order valence-electron chi connectivity index (χ1n) is 9.32. The summed E-state index contributed by atoms with van der Waals surface area (Å²) in [4.78, 5) is 25.7. The Hall–Kier alpha value is -2.86. The van der Waals surface area contributed by atoms with Crippen LogP contribution in [0.15, 0.2) is 51.7 Å². The highest BCUT2D eigenvalue weighted by Gasteiger charge is 2.20. The maximum Gasteiger partial charge on any atom is 0.336 e. The van der Waals surface area contributed by atoms with Gasteiger partial charge in [0.05, 0.1) is 11.6 Å². The van der Waals surface area contributed by atoms with Crippen LogP contribution in [0.2, 0.25) is 5.02 Å². The zero-order chi connectivity index (χ0) is 21.1. The Morgan fingerprint density at radius 2 is 2.07 bits per heavy atom. The molecule has 2 aromatic carbocycles. The van der Waals surface area contributed by atoms with Gasteiger partial charge >= 0.3 is 11.6 Å². The van der Waals surface area contributed by atoms with Gasteiger partial charge in [-0.25, -0.2) is 14.0 Å². The number of carbonyl (C=O) groups excluding carboxylic acids is 1. The first-order chi connectivity index (χ1) is 13.8. The molecule has 0 amide bonds. The highest BCUT2D eigenvalue weighted by atomic mass is 35.5. The number of carbonyl (C=O) groups is 1. The van der Waals surface area contributed by atoms with Crippen LogP contribution in [0.1, 0.15) is 15.2 Å². The third-order valence-electron chi connectivity index (χ3n) is 4.38. The van der Waals surface area contributed by atoms with Crippen LogP contribution in [0.3, 0.4) is 0 Å². The van der Waals surface area contributed by atoms with Crippen LogP contribution in [0.5, 0.6) is 0 Å². The summed E-state index contributed by atoms with van der Waals surface area (Å²) in [6.45, 7) is 3.59. The Kier molecular flexibility index (Phi) is 5.30. The number of halogens is 2. The molecule has 7 heteroatoms. The minimum Gasteiger partial charge on any atom is -0.464 e. The summed E-state index contributed by atoms with van der Waals surface area (Å²) in [5.74, 6) is -0.930. The smallest absolute Gasteiger partial charge is 0.336 e. The fourth-order valence-corrected chi connectivity index (χ4v) is 3.14. The predicted octanol–water partition coefficient (Wildman–Crippen LogP) is 4.64. The van der Waals surface area contributed by atoms with Crippen molar-refractivity contribution in [3.8, 4) is 11.1 Å². The summed E-state index contributed by atoms with van der Waals surface area (Å²) in [5.41, 5.74) is 1.19. The minimum absolute atomic E-state index is 0.171. The largest absolute Gasteiger partial charge is 0.464 e. The van der Waals surface area contributed by atoms with Gasteiger partial charge in [-0.15, -0.1) is 0 Å². The molecule has 0 spiro atoms. The van der Waals surface area contributed by atoms with Crippen LogP contribution in [-0.2, 0) is 9.53 Å². The fourth-order valence-electron chi connectivity index (χ4n) is 2.87. The number of nitrogens with zero attached hydrogens (tertiary/aromatic N) is 1. The Balaban J connectivity index is 2.11. The van der Waals surface area contributed by atoms with Crippen molar-refractivity contribution in [2.45, 2.75) is 19.9 Å². The van der Waals surface area contributed by atoms with E-state index in [-0.39, 0.29) is 24.2 Å². The van der Waals surface area contributed by atoms with E-state index in [0.29, 0.717) is 22.2 Å². The molecule has 0 bridgehead atoms. The molecule has 0 radical (unpaired) electrons. The van der Waals surface area contributed by atoms with Gasteiger partial charge in [0, 0.05) is 42.7 Å². The maximum atomic E-state index is 13.4. The van der Waals surface area contributed by atoms with E-state index < -0.39 is 23.5 Å². The Labute approximate surface area is 167 Å². The molecule has 3 rings (SSSR count). The lowest BCUT2D eigenvalue weighted by Gasteiger charge is -2.25. The maximum absolute atomic E-state index is 13.4. The van der Waals surface area contributed by atoms with E-state index >= 15 is 0 Å². The molecule has 1 unspecified atom stereocenters. The van der Waals surface area contributed by atoms with Gasteiger partial charge in [0.15, 0.2) is 0 Å². The lowest BCUT2D eigenvalue weighted by atomic mass is 10.0. The van der Waals surface area contributed by atoms with Gasteiger partial charge < -0.3 is 14.1 Å². The normalized spacial score (nSPS) is 12.5. The molecule has 0 saturated carbocycles. The standard InChI is InChI=1S/C21H19ClFNO4/c1-4-27-21(26)12(2)24(3)14-6-8-16-17(11-20(25)28-19(16)10-14)15-7-5-13(23)9-18(15)22/h5-12H,4H2,1-3H3/i3D. The highest BCUT2D eigenvalue weighted by Crippen LogP contribution is 2.34. The number of benzene rings is 2. The fraction of sp³-hybridized carbons (Fsp3) is 0.238. The average molecular weight is 405 g/mol. The van der Waals surface area contributed by atoms with Gasteiger partial charge in [-0.3, -0.25) is 0 Å². The molecule has 1 heterocycles. The van der Waals surface area contributed by atoms with Crippen molar-refractivity contribution < 1.29 is 19.7 Å². The summed E-state index contributed by atoms with van der Waals surface area (Å²) in [6.07, 6.45) is 0. The molecule has 0 N–H and O–H groups in total. The van der Waals surface area contributed by atoms with E-state index in [9.17, 15) is 14.0 Å². The van der Waals surface area contributed by atoms with Gasteiger partial charge in [0.2, 0.25) is 0 Å². The van der Waals surface area contributed by atoms with Crippen LogP contribution >= 0.6 is 11.6 Å². The van der Waals surface area contributed by atoms with Crippen molar-refractivity contribution in [3.05, 3.63) is 63.7 Å². The van der Waals surface area contributed by atoms with Crippen molar-refractivity contribution in [1.29, 1.82) is 0 Å². The first-order valence-corrected chi connectivity index (χ1v) is 8.99. The average Bonchev–Trinajstić information content (AvgIpc) is 2.68. The van der Waals surface area contributed by atoms with Crippen LogP contribution in [-0.4, -0.2) is 25.6 Å². The second kappa shape index (κ2) is 8.02. The summed E-state index contributed by atoms with van der Waals surface area (Å²) in [7, 11) is -0.195. The number of anilines is 1. The van der Waals surface area contributed by atoms with Crippen molar-refractivity contribution >= 4 is 34.2 Å². The molecule has 0 aliphatic heterocycles. The summed E-state index contributed by atoms with van der Waals surface area (Å²) in [6, 6.07) is 9.56. The van der Waals surface area contributed by atoms with E-state index in [1.54, 1.807) is 32.0 Å². The Bertz CT molecular complexity index is 1120. The highest BCUT2D eigenvalue weighted by molar-refractivity contribution is 6.33. The number of likely N-dealkylation sites (N-methyl/N-ethyl adjacent to an activating group) is 1. The van der Waals surface area contributed by atoms with Crippen molar-refractivity contribution in [2.75, 3.05) is 18.5 Å². The Morgan fingerprint density at radius 3 is 2.75 bits per heavy atom. The second-order valence-corrected chi connectivity index (χ2v) is 6.59. The number of rotatable bonds is 5. The van der Waals surface area contributed by atoms with Crippen LogP contribution < -0.4 is 10.5 Å². The zero-order valence-corrected chi connectivity index (χ0v) is 16.1. The number of hydrogen-bond acceptors (Lipinski definition) is 5. The number of esters is 1. The monoisotopic (exact) mass is 404 g/mol. The Morgan fingerprint density at radius 1 is 1.29 bits per heavy atom. The van der Waals surface area contributed by atoms with E-state index in [4.69, 9.17) is 22.1 Å². The topological polar surface area (TPSA) is 59.8 Å². The lowest BCUT2D eigenvalue weighted by molar-refractivity contribution is -0.144. The van der Waals surface area contributed by atoms with Crippen LogP contribution in [0.25, 0.3) is 22.1 Å². The third-order valence-corrected chi connectivity index (χ3v) is 4.69. The first kappa shape index (κ1) is 18.5. The van der Waals surface area contributed by atoms with Gasteiger partial charge in [-0.1, -0.05) is 11.6 Å². The molecule has 1 aromatic heterocycles. The number of fused-ring (bicyclic) bond motifs is 1. The molecule has 146 valence electrons. The molecule has 28 heavy (non-hydrogen) atoms. The van der Waals surface area contributed by atoms with Crippen LogP contribution in [0, 0.1) is 5.82 Å². The van der Waals surface area contributed by atoms with E-state index in [1.165, 1.54) is 29.2 Å². The molecule has 0 saturated heterocycles. The van der Waals surface area contributed by atoms with Gasteiger partial charge in [0.1, 0.15) is 17.4 Å².